The van der Waals surface area contributed by atoms with E-state index in [0.29, 0.717) is 16.0 Å². The van der Waals surface area contributed by atoms with Gasteiger partial charge in [0.25, 0.3) is 0 Å². The van der Waals surface area contributed by atoms with Crippen molar-refractivity contribution < 1.29 is 0 Å². The lowest BCUT2D eigenvalue weighted by atomic mass is 10.0. The van der Waals surface area contributed by atoms with E-state index >= 15 is 0 Å². The molecule has 0 aliphatic heterocycles. The molecule has 0 aliphatic rings. The molecule has 0 radical (unpaired) electrons. The zero-order valence-electron chi connectivity index (χ0n) is 9.63. The van der Waals surface area contributed by atoms with Crippen LogP contribution in [0.4, 0.5) is 5.69 Å². The molecule has 4 heteroatoms. The van der Waals surface area contributed by atoms with Gasteiger partial charge in [-0.05, 0) is 24.1 Å². The molecule has 2 atom stereocenters. The third-order valence-corrected chi connectivity index (χ3v) is 3.58. The van der Waals surface area contributed by atoms with Gasteiger partial charge in [0.15, 0.2) is 0 Å². The molecule has 0 fully saturated rings. The summed E-state index contributed by atoms with van der Waals surface area (Å²) < 4.78 is 0. The fourth-order valence-corrected chi connectivity index (χ4v) is 1.64. The smallest absolute Gasteiger partial charge is 0.0612 e. The number of halogens is 2. The van der Waals surface area contributed by atoms with Gasteiger partial charge < -0.3 is 11.1 Å². The van der Waals surface area contributed by atoms with Gasteiger partial charge >= 0.3 is 0 Å². The maximum Gasteiger partial charge on any atom is 0.0612 e. The van der Waals surface area contributed by atoms with Crippen molar-refractivity contribution in [3.05, 3.63) is 28.2 Å². The van der Waals surface area contributed by atoms with Gasteiger partial charge in [0.1, 0.15) is 0 Å². The van der Waals surface area contributed by atoms with Gasteiger partial charge in [-0.15, -0.1) is 0 Å². The summed E-state index contributed by atoms with van der Waals surface area (Å²) in [4.78, 5) is 0. The molecule has 0 saturated heterocycles. The van der Waals surface area contributed by atoms with Crippen LogP contribution in [-0.2, 0) is 0 Å². The first kappa shape index (κ1) is 13.6. The minimum atomic E-state index is 0.152. The zero-order chi connectivity index (χ0) is 12.1. The Morgan fingerprint density at radius 3 is 2.56 bits per heavy atom. The van der Waals surface area contributed by atoms with Gasteiger partial charge in [0, 0.05) is 18.3 Å². The lowest BCUT2D eigenvalue weighted by Gasteiger charge is -2.19. The van der Waals surface area contributed by atoms with Gasteiger partial charge in [-0.1, -0.05) is 43.5 Å². The molecule has 0 bridgehead atoms. The molecule has 90 valence electrons. The summed E-state index contributed by atoms with van der Waals surface area (Å²) in [6.07, 6.45) is 1.09. The van der Waals surface area contributed by atoms with E-state index in [9.17, 15) is 0 Å². The molecule has 16 heavy (non-hydrogen) atoms. The maximum atomic E-state index is 6.02. The molecule has 0 heterocycles. The molecule has 2 nitrogen and oxygen atoms in total. The van der Waals surface area contributed by atoms with E-state index < -0.39 is 0 Å². The molecule has 3 N–H and O–H groups in total. The number of hydrogen-bond acceptors (Lipinski definition) is 2. The van der Waals surface area contributed by atoms with Crippen molar-refractivity contribution in [3.8, 4) is 0 Å². The van der Waals surface area contributed by atoms with Gasteiger partial charge in [-0.25, -0.2) is 0 Å². The fourth-order valence-electron chi connectivity index (χ4n) is 1.35. The average molecular weight is 261 g/mol. The summed E-state index contributed by atoms with van der Waals surface area (Å²) in [5.74, 6) is 0.510. The molecule has 0 aromatic heterocycles. The van der Waals surface area contributed by atoms with Crippen LogP contribution in [0.1, 0.15) is 20.3 Å². The van der Waals surface area contributed by atoms with E-state index in [0.717, 1.165) is 18.7 Å². The van der Waals surface area contributed by atoms with Gasteiger partial charge in [-0.3, -0.25) is 0 Å². The van der Waals surface area contributed by atoms with Crippen molar-refractivity contribution in [2.45, 2.75) is 26.3 Å². The number of nitrogens with one attached hydrogen (secondary N) is 1. The normalized spacial score (nSPS) is 14.6. The SMILES string of the molecule is CC[C@H](C)[C@H](N)CNc1ccc(Cl)c(Cl)c1. The van der Waals surface area contributed by atoms with Crippen molar-refractivity contribution >= 4 is 28.9 Å². The van der Waals surface area contributed by atoms with Crippen molar-refractivity contribution in [2.75, 3.05) is 11.9 Å². The van der Waals surface area contributed by atoms with Crippen LogP contribution in [0.3, 0.4) is 0 Å². The van der Waals surface area contributed by atoms with Crippen molar-refractivity contribution in [1.29, 1.82) is 0 Å². The highest BCUT2D eigenvalue weighted by Gasteiger charge is 2.10. The molecular formula is C12H18Cl2N2. The van der Waals surface area contributed by atoms with Gasteiger partial charge in [-0.2, -0.15) is 0 Å². The molecule has 1 rings (SSSR count). The van der Waals surface area contributed by atoms with Gasteiger partial charge in [0.2, 0.25) is 0 Å². The number of anilines is 1. The van der Waals surface area contributed by atoms with E-state index in [1.54, 1.807) is 6.07 Å². The van der Waals surface area contributed by atoms with Crippen LogP contribution < -0.4 is 11.1 Å². The summed E-state index contributed by atoms with van der Waals surface area (Å²) in [5, 5.41) is 4.39. The average Bonchev–Trinajstić information content (AvgIpc) is 2.29. The predicted octanol–water partition coefficient (Wildman–Crippen LogP) is 3.78. The van der Waals surface area contributed by atoms with Crippen LogP contribution in [0.5, 0.6) is 0 Å². The summed E-state index contributed by atoms with van der Waals surface area (Å²) >= 11 is 11.7. The molecular weight excluding hydrogens is 243 g/mol. The highest BCUT2D eigenvalue weighted by atomic mass is 35.5. The van der Waals surface area contributed by atoms with E-state index in [2.05, 4.69) is 19.2 Å². The molecule has 0 unspecified atom stereocenters. The number of rotatable bonds is 5. The Kier molecular flexibility index (Phi) is 5.39. The second kappa shape index (κ2) is 6.33. The standard InChI is InChI=1S/C12H18Cl2N2/c1-3-8(2)12(15)7-16-9-4-5-10(13)11(14)6-9/h4-6,8,12,16H,3,7,15H2,1-2H3/t8-,12+/m0/s1. The zero-order valence-corrected chi connectivity index (χ0v) is 11.1. The minimum absolute atomic E-state index is 0.152. The Bertz CT molecular complexity index is 342. The first-order valence-electron chi connectivity index (χ1n) is 5.49. The summed E-state index contributed by atoms with van der Waals surface area (Å²) in [7, 11) is 0. The fraction of sp³-hybridized carbons (Fsp3) is 0.500. The number of nitrogens with two attached hydrogens (primary N) is 1. The van der Waals surface area contributed by atoms with Crippen LogP contribution in [0.25, 0.3) is 0 Å². The molecule has 0 amide bonds. The summed E-state index contributed by atoms with van der Waals surface area (Å²) in [6.45, 7) is 5.04. The second-order valence-corrected chi connectivity index (χ2v) is 4.87. The van der Waals surface area contributed by atoms with E-state index in [1.165, 1.54) is 0 Å². The topological polar surface area (TPSA) is 38.0 Å². The largest absolute Gasteiger partial charge is 0.383 e. The van der Waals surface area contributed by atoms with E-state index in [1.807, 2.05) is 12.1 Å². The van der Waals surface area contributed by atoms with Crippen LogP contribution >= 0.6 is 23.2 Å². The summed E-state index contributed by atoms with van der Waals surface area (Å²) in [6, 6.07) is 5.64. The van der Waals surface area contributed by atoms with E-state index in [-0.39, 0.29) is 6.04 Å². The molecule has 1 aromatic carbocycles. The van der Waals surface area contributed by atoms with Crippen LogP contribution in [-0.4, -0.2) is 12.6 Å². The number of hydrogen-bond donors (Lipinski definition) is 2. The molecule has 0 spiro atoms. The van der Waals surface area contributed by atoms with Crippen molar-refractivity contribution in [3.63, 3.8) is 0 Å². The maximum absolute atomic E-state index is 6.02. The van der Waals surface area contributed by atoms with Crippen molar-refractivity contribution in [2.24, 2.45) is 11.7 Å². The minimum Gasteiger partial charge on any atom is -0.383 e. The Hall–Kier alpha value is -0.440. The Labute approximate surface area is 107 Å². The van der Waals surface area contributed by atoms with Crippen LogP contribution in [0.2, 0.25) is 10.0 Å². The third kappa shape index (κ3) is 3.85. The quantitative estimate of drug-likeness (QED) is 0.846. The Morgan fingerprint density at radius 1 is 1.31 bits per heavy atom. The first-order chi connectivity index (χ1) is 7.54. The molecule has 0 aliphatic carbocycles. The lowest BCUT2D eigenvalue weighted by Crippen LogP contribution is -2.35. The monoisotopic (exact) mass is 260 g/mol. The van der Waals surface area contributed by atoms with Crippen molar-refractivity contribution in [1.82, 2.24) is 0 Å². The van der Waals surface area contributed by atoms with Gasteiger partial charge in [0.05, 0.1) is 10.0 Å². The highest BCUT2D eigenvalue weighted by Crippen LogP contribution is 2.25. The molecule has 0 saturated carbocycles. The molecule has 1 aromatic rings. The third-order valence-electron chi connectivity index (χ3n) is 2.84. The number of benzene rings is 1. The Balaban J connectivity index is 2.51. The predicted molar refractivity (Wildman–Crippen MR) is 72.4 cm³/mol. The van der Waals surface area contributed by atoms with Crippen LogP contribution in [0, 0.1) is 5.92 Å². The summed E-state index contributed by atoms with van der Waals surface area (Å²) in [5.41, 5.74) is 6.97. The second-order valence-electron chi connectivity index (χ2n) is 4.06. The van der Waals surface area contributed by atoms with Crippen LogP contribution in [0.15, 0.2) is 18.2 Å². The van der Waals surface area contributed by atoms with E-state index in [4.69, 9.17) is 28.9 Å². The first-order valence-corrected chi connectivity index (χ1v) is 6.24. The lowest BCUT2D eigenvalue weighted by molar-refractivity contribution is 0.457. The highest BCUT2D eigenvalue weighted by molar-refractivity contribution is 6.42. The Morgan fingerprint density at radius 2 is 2.00 bits per heavy atom.